The molecule has 0 bridgehead atoms. The first-order valence-electron chi connectivity index (χ1n) is 9.50. The van der Waals surface area contributed by atoms with Gasteiger partial charge in [0, 0.05) is 13.1 Å². The minimum absolute atomic E-state index is 0. The summed E-state index contributed by atoms with van der Waals surface area (Å²) in [4.78, 5) is 0. The number of benzene rings is 3. The summed E-state index contributed by atoms with van der Waals surface area (Å²) in [5.74, 6) is 0. The van der Waals surface area contributed by atoms with Crippen LogP contribution >= 0.6 is 36.7 Å². The van der Waals surface area contributed by atoms with Crippen LogP contribution in [0.1, 0.15) is 16.7 Å². The molecule has 3 rings (SSSR count). The molecule has 0 atom stereocenters. The van der Waals surface area contributed by atoms with E-state index in [0.29, 0.717) is 19.8 Å². The van der Waals surface area contributed by atoms with E-state index in [1.54, 1.807) is 0 Å². The van der Waals surface area contributed by atoms with Crippen molar-refractivity contribution in [1.82, 2.24) is 0 Å². The average Bonchev–Trinajstić information content (AvgIpc) is 2.83. The van der Waals surface area contributed by atoms with Gasteiger partial charge in [-0.3, -0.25) is 0 Å². The number of ether oxygens (including phenoxy) is 3. The Morgan fingerprint density at radius 2 is 0.676 bits per heavy atom. The molecular formula is C24H21O3S6Sb. The van der Waals surface area contributed by atoms with Crippen LogP contribution in [0, 0.1) is 0 Å². The van der Waals surface area contributed by atoms with E-state index in [1.165, 1.54) is 0 Å². The minimum atomic E-state index is 0. The number of thiocarbonyl (C=S) groups is 3. The topological polar surface area (TPSA) is 27.7 Å². The molecule has 0 aliphatic carbocycles. The molecule has 3 aromatic rings. The maximum absolute atomic E-state index is 4.97. The first-order valence-corrected chi connectivity index (χ1v) is 11.9. The molecule has 0 aliphatic rings. The SMILES string of the molecule is S=C([S-])OCc1ccccc1.S=C([S-])OCc1ccccc1.S=C([S-])OCc1ccccc1.[Sb+3]. The van der Waals surface area contributed by atoms with Crippen LogP contribution < -0.4 is 0 Å². The molecule has 0 aliphatic heterocycles. The fourth-order valence-electron chi connectivity index (χ4n) is 2.15. The van der Waals surface area contributed by atoms with E-state index in [0.717, 1.165) is 16.7 Å². The summed E-state index contributed by atoms with van der Waals surface area (Å²) in [6.07, 6.45) is 0. The molecule has 0 saturated heterocycles. The monoisotopic (exact) mass is 670 g/mol. The predicted molar refractivity (Wildman–Crippen MR) is 159 cm³/mol. The van der Waals surface area contributed by atoms with E-state index < -0.39 is 0 Å². The molecule has 0 spiro atoms. The van der Waals surface area contributed by atoms with Gasteiger partial charge in [-0.25, -0.2) is 0 Å². The van der Waals surface area contributed by atoms with Crippen LogP contribution in [0.2, 0.25) is 0 Å². The van der Waals surface area contributed by atoms with Crippen LogP contribution in [0.4, 0.5) is 0 Å². The third-order valence-electron chi connectivity index (χ3n) is 3.60. The zero-order chi connectivity index (χ0) is 24.3. The molecule has 0 N–H and O–H groups in total. The normalized spacial score (nSPS) is 8.82. The molecule has 0 fully saturated rings. The smallest absolute Gasteiger partial charge is 0.509 e. The molecule has 10 heteroatoms. The van der Waals surface area contributed by atoms with E-state index in [1.807, 2.05) is 91.0 Å². The van der Waals surface area contributed by atoms with Crippen molar-refractivity contribution in [2.75, 3.05) is 0 Å². The maximum Gasteiger partial charge on any atom is 3.00 e. The molecule has 0 amide bonds. The number of hydrogen-bond acceptors (Lipinski definition) is 9. The average molecular weight is 672 g/mol. The Hall–Kier alpha value is -1.19. The van der Waals surface area contributed by atoms with Crippen molar-refractivity contribution in [3.05, 3.63) is 108 Å². The molecule has 176 valence electrons. The Kier molecular flexibility index (Phi) is 20.4. The van der Waals surface area contributed by atoms with Gasteiger partial charge in [0.2, 0.25) is 0 Å². The van der Waals surface area contributed by atoms with Crippen molar-refractivity contribution in [1.29, 1.82) is 0 Å². The Labute approximate surface area is 251 Å². The van der Waals surface area contributed by atoms with Crippen molar-refractivity contribution in [3.63, 3.8) is 0 Å². The van der Waals surface area contributed by atoms with Crippen LogP contribution in [-0.2, 0) is 71.9 Å². The third-order valence-corrected chi connectivity index (χ3v) is 4.31. The van der Waals surface area contributed by atoms with E-state index >= 15 is 0 Å². The first kappa shape index (κ1) is 32.8. The number of hydrogen-bond donors (Lipinski definition) is 0. The van der Waals surface area contributed by atoms with E-state index in [-0.39, 0.29) is 37.6 Å². The molecule has 0 aromatic heterocycles. The molecule has 34 heavy (non-hydrogen) atoms. The van der Waals surface area contributed by atoms with E-state index in [2.05, 4.69) is 74.5 Å². The van der Waals surface area contributed by atoms with Gasteiger partial charge in [0.05, 0.1) is 0 Å². The molecule has 0 unspecified atom stereocenters. The van der Waals surface area contributed by atoms with Crippen LogP contribution in [0.25, 0.3) is 0 Å². The summed E-state index contributed by atoms with van der Waals surface area (Å²) in [5, 5.41) is 0. The molecule has 0 heterocycles. The molecule has 3 nitrogen and oxygen atoms in total. The second-order valence-electron chi connectivity index (χ2n) is 6.07. The van der Waals surface area contributed by atoms with Gasteiger partial charge in [-0.1, -0.05) is 91.0 Å². The fourth-order valence-corrected chi connectivity index (χ4v) is 2.50. The maximum atomic E-state index is 4.97. The number of rotatable bonds is 6. The van der Waals surface area contributed by atoms with Crippen LogP contribution in [-0.4, -0.2) is 37.6 Å². The second-order valence-corrected chi connectivity index (χ2v) is 9.07. The zero-order valence-corrected chi connectivity index (χ0v) is 25.4. The van der Waals surface area contributed by atoms with E-state index in [4.69, 9.17) is 14.2 Å². The zero-order valence-electron chi connectivity index (χ0n) is 17.9. The Bertz CT molecular complexity index is 833. The largest absolute Gasteiger partial charge is 3.00 e. The molecule has 0 saturated carbocycles. The predicted octanol–water partition coefficient (Wildman–Crippen LogP) is 5.72. The summed E-state index contributed by atoms with van der Waals surface area (Å²) < 4.78 is 15.4. The minimum Gasteiger partial charge on any atom is -0.509 e. The van der Waals surface area contributed by atoms with E-state index in [9.17, 15) is 0 Å². The van der Waals surface area contributed by atoms with Gasteiger partial charge >= 0.3 is 24.4 Å². The van der Waals surface area contributed by atoms with Crippen molar-refractivity contribution in [2.45, 2.75) is 19.8 Å². The Morgan fingerprint density at radius 1 is 0.471 bits per heavy atom. The van der Waals surface area contributed by atoms with Gasteiger partial charge in [-0.05, 0) is 16.7 Å². The Morgan fingerprint density at radius 3 is 0.853 bits per heavy atom. The summed E-state index contributed by atoms with van der Waals surface area (Å²) in [6, 6.07) is 29.4. The molecule has 2 radical (unpaired) electrons. The summed E-state index contributed by atoms with van der Waals surface area (Å²) in [6.45, 7) is 1.43. The third kappa shape index (κ3) is 19.1. The van der Waals surface area contributed by atoms with Crippen molar-refractivity contribution in [3.8, 4) is 0 Å². The Balaban J connectivity index is 0.000000473. The van der Waals surface area contributed by atoms with Gasteiger partial charge in [0.1, 0.15) is 19.8 Å². The van der Waals surface area contributed by atoms with Crippen LogP contribution in [0.5, 0.6) is 0 Å². The summed E-state index contributed by atoms with van der Waals surface area (Å²) in [7, 11) is 0. The molecular weight excluding hydrogens is 650 g/mol. The van der Waals surface area contributed by atoms with Gasteiger partial charge in [-0.15, -0.1) is 0 Å². The van der Waals surface area contributed by atoms with Crippen molar-refractivity contribution < 1.29 is 14.2 Å². The first-order chi connectivity index (χ1) is 15.9. The summed E-state index contributed by atoms with van der Waals surface area (Å²) >= 11 is 27.5. The van der Waals surface area contributed by atoms with Crippen LogP contribution in [0.15, 0.2) is 91.0 Å². The quantitative estimate of drug-likeness (QED) is 0.185. The van der Waals surface area contributed by atoms with Crippen LogP contribution in [0.3, 0.4) is 0 Å². The van der Waals surface area contributed by atoms with Gasteiger partial charge < -0.3 is 88.8 Å². The van der Waals surface area contributed by atoms with Crippen molar-refractivity contribution in [2.24, 2.45) is 0 Å². The van der Waals surface area contributed by atoms with Gasteiger partial charge in [0.25, 0.3) is 0 Å². The summed E-state index contributed by atoms with van der Waals surface area (Å²) in [5.41, 5.74) is 3.25. The van der Waals surface area contributed by atoms with Crippen molar-refractivity contribution >= 4 is 112 Å². The second kappa shape index (κ2) is 21.1. The van der Waals surface area contributed by atoms with Gasteiger partial charge in [0.15, 0.2) is 0 Å². The fraction of sp³-hybridized carbons (Fsp3) is 0.125. The standard InChI is InChI=1S/3C8H8OS2.Sb/c3*10-8(11)9-6-7-4-2-1-3-5-7;/h3*1-5H,6H2,(H,10,11);/q;;;+3/p-3. The molecule has 3 aromatic carbocycles. The van der Waals surface area contributed by atoms with Gasteiger partial charge in [-0.2, -0.15) is 0 Å².